The molecule has 2 aromatic rings. The van der Waals surface area contributed by atoms with Crippen LogP contribution in [0.25, 0.3) is 0 Å². The third-order valence-electron chi connectivity index (χ3n) is 5.00. The van der Waals surface area contributed by atoms with Gasteiger partial charge in [0.05, 0.1) is 23.3 Å². The first-order valence-electron chi connectivity index (χ1n) is 9.62. The third-order valence-corrected chi connectivity index (χ3v) is 5.74. The molecule has 0 aliphatic carbocycles. The predicted molar refractivity (Wildman–Crippen MR) is 115 cm³/mol. The summed E-state index contributed by atoms with van der Waals surface area (Å²) in [6.07, 6.45) is 2.12. The molecule has 28 heavy (non-hydrogen) atoms. The minimum atomic E-state index is 0.150. The zero-order valence-electron chi connectivity index (χ0n) is 16.2. The Hall–Kier alpha value is -1.75. The van der Waals surface area contributed by atoms with Crippen LogP contribution in [0.4, 0.5) is 5.69 Å². The van der Waals surface area contributed by atoms with E-state index in [9.17, 15) is 4.79 Å². The normalized spacial score (nSPS) is 14.2. The van der Waals surface area contributed by atoms with E-state index in [0.29, 0.717) is 23.0 Å². The van der Waals surface area contributed by atoms with Crippen LogP contribution in [-0.4, -0.2) is 44.2 Å². The molecular formula is C22H26Cl2N2O2. The summed E-state index contributed by atoms with van der Waals surface area (Å²) in [6.45, 7) is 4.03. The number of carbonyl (C=O) groups is 1. The molecule has 0 spiro atoms. The number of carbonyl (C=O) groups excluding carboxylic acids is 1. The van der Waals surface area contributed by atoms with E-state index in [1.54, 1.807) is 11.0 Å². The summed E-state index contributed by atoms with van der Waals surface area (Å²) in [7, 11) is 1.86. The number of morpholine rings is 1. The molecule has 0 bridgehead atoms. The molecule has 0 unspecified atom stereocenters. The highest BCUT2D eigenvalue weighted by atomic mass is 35.5. The minimum Gasteiger partial charge on any atom is -0.378 e. The van der Waals surface area contributed by atoms with Crippen LogP contribution in [0.5, 0.6) is 0 Å². The lowest BCUT2D eigenvalue weighted by molar-refractivity contribution is -0.130. The maximum atomic E-state index is 12.4. The lowest BCUT2D eigenvalue weighted by atomic mass is 10.1. The lowest BCUT2D eigenvalue weighted by Gasteiger charge is -2.29. The molecule has 0 aromatic heterocycles. The Labute approximate surface area is 177 Å². The van der Waals surface area contributed by atoms with Gasteiger partial charge in [0.15, 0.2) is 0 Å². The molecule has 2 aromatic carbocycles. The smallest absolute Gasteiger partial charge is 0.222 e. The molecule has 0 saturated carbocycles. The molecular weight excluding hydrogens is 395 g/mol. The molecule has 0 radical (unpaired) electrons. The Morgan fingerprint density at radius 2 is 1.71 bits per heavy atom. The summed E-state index contributed by atoms with van der Waals surface area (Å²) in [5.74, 6) is 0.150. The number of hydrogen-bond acceptors (Lipinski definition) is 3. The van der Waals surface area contributed by atoms with E-state index in [1.165, 1.54) is 5.69 Å². The fourth-order valence-electron chi connectivity index (χ4n) is 3.33. The fourth-order valence-corrected chi connectivity index (χ4v) is 3.65. The van der Waals surface area contributed by atoms with E-state index in [-0.39, 0.29) is 5.91 Å². The van der Waals surface area contributed by atoms with Crippen molar-refractivity contribution < 1.29 is 9.53 Å². The van der Waals surface area contributed by atoms with Crippen molar-refractivity contribution >= 4 is 34.8 Å². The summed E-state index contributed by atoms with van der Waals surface area (Å²) < 4.78 is 5.40. The van der Waals surface area contributed by atoms with Gasteiger partial charge in [0, 0.05) is 38.8 Å². The molecule has 6 heteroatoms. The molecule has 1 heterocycles. The highest BCUT2D eigenvalue weighted by Crippen LogP contribution is 2.23. The van der Waals surface area contributed by atoms with Gasteiger partial charge in [0.25, 0.3) is 0 Å². The molecule has 1 aliphatic heterocycles. The highest BCUT2D eigenvalue weighted by molar-refractivity contribution is 6.42. The van der Waals surface area contributed by atoms with Gasteiger partial charge in [-0.3, -0.25) is 4.79 Å². The second kappa shape index (κ2) is 10.1. The van der Waals surface area contributed by atoms with Crippen molar-refractivity contribution in [1.82, 2.24) is 4.90 Å². The van der Waals surface area contributed by atoms with Crippen molar-refractivity contribution in [3.05, 3.63) is 63.6 Å². The number of halogens is 2. The van der Waals surface area contributed by atoms with Crippen LogP contribution < -0.4 is 4.90 Å². The van der Waals surface area contributed by atoms with Gasteiger partial charge in [0.2, 0.25) is 5.91 Å². The average molecular weight is 421 g/mol. The van der Waals surface area contributed by atoms with Crippen LogP contribution >= 0.6 is 23.2 Å². The zero-order chi connectivity index (χ0) is 19.9. The Morgan fingerprint density at radius 1 is 1.04 bits per heavy atom. The van der Waals surface area contributed by atoms with Crippen molar-refractivity contribution in [2.24, 2.45) is 0 Å². The van der Waals surface area contributed by atoms with E-state index in [1.807, 2.05) is 19.2 Å². The number of nitrogens with zero attached hydrogens (tertiary/aromatic N) is 2. The van der Waals surface area contributed by atoms with E-state index in [4.69, 9.17) is 27.9 Å². The molecule has 150 valence electrons. The first kappa shape index (κ1) is 21.0. The van der Waals surface area contributed by atoms with Crippen molar-refractivity contribution in [3.63, 3.8) is 0 Å². The van der Waals surface area contributed by atoms with Gasteiger partial charge in [-0.1, -0.05) is 41.4 Å². The number of rotatable bonds is 7. The number of hydrogen-bond donors (Lipinski definition) is 0. The van der Waals surface area contributed by atoms with Crippen molar-refractivity contribution in [3.8, 4) is 0 Å². The van der Waals surface area contributed by atoms with Crippen LogP contribution in [0.1, 0.15) is 24.0 Å². The first-order chi connectivity index (χ1) is 13.5. The molecule has 1 saturated heterocycles. The van der Waals surface area contributed by atoms with Gasteiger partial charge in [-0.25, -0.2) is 0 Å². The molecule has 1 fully saturated rings. The van der Waals surface area contributed by atoms with Crippen LogP contribution in [0, 0.1) is 0 Å². The summed E-state index contributed by atoms with van der Waals surface area (Å²) in [6, 6.07) is 14.1. The van der Waals surface area contributed by atoms with Gasteiger partial charge in [0.1, 0.15) is 0 Å². The molecule has 1 aliphatic rings. The predicted octanol–water partition coefficient (Wildman–Crippen LogP) is 4.81. The summed E-state index contributed by atoms with van der Waals surface area (Å²) in [5, 5.41) is 1.11. The Bertz CT molecular complexity index is 790. The molecule has 4 nitrogen and oxygen atoms in total. The van der Waals surface area contributed by atoms with Gasteiger partial charge in [-0.15, -0.1) is 0 Å². The van der Waals surface area contributed by atoms with Gasteiger partial charge >= 0.3 is 0 Å². The van der Waals surface area contributed by atoms with E-state index >= 15 is 0 Å². The number of ether oxygens (including phenoxy) is 1. The zero-order valence-corrected chi connectivity index (χ0v) is 17.7. The van der Waals surface area contributed by atoms with Gasteiger partial charge < -0.3 is 14.5 Å². The Kier molecular flexibility index (Phi) is 7.60. The van der Waals surface area contributed by atoms with Crippen LogP contribution in [0.2, 0.25) is 10.0 Å². The SMILES string of the molecule is CN(Cc1ccc(N2CCOCC2)cc1)C(=O)CCCc1ccc(Cl)c(Cl)c1. The lowest BCUT2D eigenvalue weighted by Crippen LogP contribution is -2.36. The number of benzene rings is 2. The largest absolute Gasteiger partial charge is 0.378 e. The first-order valence-corrected chi connectivity index (χ1v) is 10.4. The number of anilines is 1. The maximum absolute atomic E-state index is 12.4. The fraction of sp³-hybridized carbons (Fsp3) is 0.409. The van der Waals surface area contributed by atoms with Crippen molar-refractivity contribution in [2.75, 3.05) is 38.3 Å². The Balaban J connectivity index is 1.44. The number of aryl methyl sites for hydroxylation is 1. The summed E-state index contributed by atoms with van der Waals surface area (Å²) >= 11 is 12.0. The van der Waals surface area contributed by atoms with E-state index < -0.39 is 0 Å². The average Bonchev–Trinajstić information content (AvgIpc) is 2.72. The third kappa shape index (κ3) is 5.87. The van der Waals surface area contributed by atoms with Crippen LogP contribution in [0.3, 0.4) is 0 Å². The molecule has 1 amide bonds. The van der Waals surface area contributed by atoms with E-state index in [0.717, 1.165) is 50.3 Å². The minimum absolute atomic E-state index is 0.150. The van der Waals surface area contributed by atoms with Gasteiger partial charge in [-0.05, 0) is 48.2 Å². The van der Waals surface area contributed by atoms with Crippen molar-refractivity contribution in [2.45, 2.75) is 25.8 Å². The maximum Gasteiger partial charge on any atom is 0.222 e. The van der Waals surface area contributed by atoms with Crippen molar-refractivity contribution in [1.29, 1.82) is 0 Å². The second-order valence-corrected chi connectivity index (χ2v) is 7.93. The second-order valence-electron chi connectivity index (χ2n) is 7.12. The number of amides is 1. The standard InChI is InChI=1S/C22H26Cl2N2O2/c1-25(22(27)4-2-3-17-7-10-20(23)21(24)15-17)16-18-5-8-19(9-6-18)26-11-13-28-14-12-26/h5-10,15H,2-4,11-14,16H2,1H3. The summed E-state index contributed by atoms with van der Waals surface area (Å²) in [4.78, 5) is 16.5. The quantitative estimate of drug-likeness (QED) is 0.643. The van der Waals surface area contributed by atoms with Crippen LogP contribution in [0.15, 0.2) is 42.5 Å². The van der Waals surface area contributed by atoms with Gasteiger partial charge in [-0.2, -0.15) is 0 Å². The highest BCUT2D eigenvalue weighted by Gasteiger charge is 2.12. The molecule has 0 atom stereocenters. The topological polar surface area (TPSA) is 32.8 Å². The summed E-state index contributed by atoms with van der Waals surface area (Å²) in [5.41, 5.74) is 3.45. The van der Waals surface area contributed by atoms with Crippen LogP contribution in [-0.2, 0) is 22.5 Å². The molecule has 3 rings (SSSR count). The molecule has 0 N–H and O–H groups in total. The monoisotopic (exact) mass is 420 g/mol. The Morgan fingerprint density at radius 3 is 2.39 bits per heavy atom. The van der Waals surface area contributed by atoms with E-state index in [2.05, 4.69) is 29.2 Å².